The van der Waals surface area contributed by atoms with Gasteiger partial charge in [0.05, 0.1) is 22.2 Å². The molecule has 0 aliphatic heterocycles. The summed E-state index contributed by atoms with van der Waals surface area (Å²) in [7, 11) is 2.13. The number of nitrogens with zero attached hydrogens (tertiary/aromatic N) is 3. The summed E-state index contributed by atoms with van der Waals surface area (Å²) in [5, 5.41) is 7.36. The standard InChI is InChI=1S/C46H32N2O.C14H13N/c1-46(2)38-15-9-7-13-30(38)32-23-35-33-21-27(17-19-41(33)48(43(35)25-39(32)46)29-11-5-4-6-12-29)28-18-20-44-36(22-28)37-24-34-31-14-8-10-16-40(31)47(3)42(34)26-45(37)49-44;1-15-14-10-6-5-9-13(14)11-12-7-3-2-4-8-12/h4-26H,1-3H3;2-10H,1,11H2. The lowest BCUT2D eigenvalue weighted by Crippen LogP contribution is -2.14. The van der Waals surface area contributed by atoms with Crippen LogP contribution in [-0.2, 0) is 18.9 Å². The van der Waals surface area contributed by atoms with Crippen molar-refractivity contribution in [3.63, 3.8) is 0 Å². The molecule has 0 N–H and O–H groups in total. The molecule has 3 heterocycles. The lowest BCUT2D eigenvalue weighted by Gasteiger charge is -2.21. The fraction of sp³-hybridized carbons (Fsp3) is 0.0833. The van der Waals surface area contributed by atoms with Crippen molar-refractivity contribution < 1.29 is 4.42 Å². The van der Waals surface area contributed by atoms with Gasteiger partial charge in [0, 0.05) is 62.1 Å². The third kappa shape index (κ3) is 5.86. The van der Waals surface area contributed by atoms with Crippen LogP contribution in [0.2, 0.25) is 0 Å². The van der Waals surface area contributed by atoms with Crippen molar-refractivity contribution in [2.24, 2.45) is 12.0 Å². The van der Waals surface area contributed by atoms with Crippen molar-refractivity contribution >= 4 is 78.0 Å². The van der Waals surface area contributed by atoms with Crippen LogP contribution in [0.1, 0.15) is 36.1 Å². The first-order chi connectivity index (χ1) is 31.4. The van der Waals surface area contributed by atoms with E-state index in [2.05, 4.69) is 212 Å². The summed E-state index contributed by atoms with van der Waals surface area (Å²) in [4.78, 5) is 4.02. The van der Waals surface area contributed by atoms with E-state index in [1.807, 2.05) is 24.3 Å². The van der Waals surface area contributed by atoms with Crippen molar-refractivity contribution in [1.29, 1.82) is 0 Å². The fourth-order valence-corrected chi connectivity index (χ4v) is 10.5. The Kier molecular flexibility index (Phi) is 8.60. The van der Waals surface area contributed by atoms with Crippen LogP contribution < -0.4 is 0 Å². The number of aryl methyl sites for hydroxylation is 1. The Hall–Kier alpha value is -7.95. The molecule has 0 saturated carbocycles. The molecule has 9 aromatic carbocycles. The minimum absolute atomic E-state index is 0.0658. The number of aliphatic imine (C=N–C) groups is 1. The van der Waals surface area contributed by atoms with Crippen LogP contribution in [0.5, 0.6) is 0 Å². The number of hydrogen-bond acceptors (Lipinski definition) is 2. The summed E-state index contributed by atoms with van der Waals surface area (Å²) in [5.74, 6) is 0. The largest absolute Gasteiger partial charge is 0.456 e. The first-order valence-electron chi connectivity index (χ1n) is 22.1. The molecule has 0 spiro atoms. The normalized spacial score (nSPS) is 12.9. The summed E-state index contributed by atoms with van der Waals surface area (Å²) in [6.07, 6.45) is 0.913. The summed E-state index contributed by atoms with van der Waals surface area (Å²) in [6.45, 7) is 8.30. The van der Waals surface area contributed by atoms with Gasteiger partial charge >= 0.3 is 0 Å². The van der Waals surface area contributed by atoms with Gasteiger partial charge in [0.15, 0.2) is 0 Å². The van der Waals surface area contributed by atoms with Crippen LogP contribution in [0.3, 0.4) is 0 Å². The van der Waals surface area contributed by atoms with Crippen LogP contribution in [0, 0.1) is 0 Å². The van der Waals surface area contributed by atoms with Gasteiger partial charge in [-0.25, -0.2) is 0 Å². The minimum atomic E-state index is -0.0658. The van der Waals surface area contributed by atoms with Gasteiger partial charge < -0.3 is 13.6 Å². The number of hydrogen-bond donors (Lipinski definition) is 0. The fourth-order valence-electron chi connectivity index (χ4n) is 10.5. The number of furan rings is 1. The number of rotatable bonds is 5. The van der Waals surface area contributed by atoms with Gasteiger partial charge in [-0.05, 0) is 124 Å². The second kappa shape index (κ2) is 14.6. The summed E-state index contributed by atoms with van der Waals surface area (Å²) in [5.41, 5.74) is 19.2. The molecule has 0 amide bonds. The van der Waals surface area contributed by atoms with Gasteiger partial charge in [0.1, 0.15) is 11.2 Å². The molecule has 0 radical (unpaired) electrons. The molecule has 1 aliphatic rings. The quantitative estimate of drug-likeness (QED) is 0.159. The number of aromatic nitrogens is 2. The van der Waals surface area contributed by atoms with E-state index in [0.717, 1.165) is 34.0 Å². The molecule has 3 aromatic heterocycles. The topological polar surface area (TPSA) is 35.4 Å². The van der Waals surface area contributed by atoms with Crippen LogP contribution in [0.15, 0.2) is 204 Å². The van der Waals surface area contributed by atoms with Gasteiger partial charge in [0.2, 0.25) is 0 Å². The lowest BCUT2D eigenvalue weighted by molar-refractivity contribution is 0.661. The van der Waals surface area contributed by atoms with Crippen molar-refractivity contribution in [2.75, 3.05) is 0 Å². The highest BCUT2D eigenvalue weighted by Crippen LogP contribution is 2.51. The molecule has 0 unspecified atom stereocenters. The molecule has 0 bridgehead atoms. The summed E-state index contributed by atoms with van der Waals surface area (Å²) < 4.78 is 11.2. The average molecular weight is 824 g/mol. The van der Waals surface area contributed by atoms with Gasteiger partial charge in [-0.15, -0.1) is 0 Å². The third-order valence-corrected chi connectivity index (χ3v) is 13.7. The number of benzene rings is 9. The second-order valence-electron chi connectivity index (χ2n) is 17.7. The zero-order valence-electron chi connectivity index (χ0n) is 36.1. The van der Waals surface area contributed by atoms with E-state index in [0.29, 0.717) is 0 Å². The second-order valence-corrected chi connectivity index (χ2v) is 17.7. The molecule has 12 aromatic rings. The molecule has 4 nitrogen and oxygen atoms in total. The Bertz CT molecular complexity index is 3810. The van der Waals surface area contributed by atoms with Crippen molar-refractivity contribution in [1.82, 2.24) is 9.13 Å². The van der Waals surface area contributed by atoms with Crippen LogP contribution in [-0.4, -0.2) is 15.9 Å². The van der Waals surface area contributed by atoms with Crippen LogP contribution in [0.4, 0.5) is 5.69 Å². The molecule has 0 saturated heterocycles. The van der Waals surface area contributed by atoms with E-state index in [4.69, 9.17) is 4.42 Å². The smallest absolute Gasteiger partial charge is 0.137 e. The first-order valence-corrected chi connectivity index (χ1v) is 22.1. The van der Waals surface area contributed by atoms with Crippen molar-refractivity contribution in [3.05, 3.63) is 216 Å². The van der Waals surface area contributed by atoms with E-state index in [-0.39, 0.29) is 5.41 Å². The molecular formula is C60H45N3O. The van der Waals surface area contributed by atoms with Crippen LogP contribution in [0.25, 0.3) is 93.5 Å². The first kappa shape index (κ1) is 37.8. The van der Waals surface area contributed by atoms with Gasteiger partial charge in [-0.1, -0.05) is 135 Å². The predicted octanol–water partition coefficient (Wildman–Crippen LogP) is 15.9. The number of fused-ring (bicyclic) bond motifs is 12. The molecule has 13 rings (SSSR count). The van der Waals surface area contributed by atoms with Crippen molar-refractivity contribution in [3.8, 4) is 27.9 Å². The summed E-state index contributed by atoms with van der Waals surface area (Å²) >= 11 is 0. The zero-order valence-corrected chi connectivity index (χ0v) is 36.1. The number of para-hydroxylation sites is 3. The van der Waals surface area contributed by atoms with Gasteiger partial charge in [-0.3, -0.25) is 4.99 Å². The third-order valence-electron chi connectivity index (χ3n) is 13.7. The van der Waals surface area contributed by atoms with Gasteiger partial charge in [-0.2, -0.15) is 0 Å². The molecule has 1 aliphatic carbocycles. The maximum Gasteiger partial charge on any atom is 0.137 e. The van der Waals surface area contributed by atoms with Gasteiger partial charge in [0.25, 0.3) is 0 Å². The van der Waals surface area contributed by atoms with E-state index in [1.165, 1.54) is 93.8 Å². The Labute approximate surface area is 372 Å². The molecule has 64 heavy (non-hydrogen) atoms. The Balaban J connectivity index is 0.000000246. The SMILES string of the molecule is C=Nc1ccccc1Cc1ccccc1.Cn1c2ccccc2c2cc3c(cc21)oc1ccc(-c2ccc4c(c2)c2cc5c(cc2n4-c2ccccc2)C(C)(C)c2ccccc2-5)cc13. The molecule has 0 fully saturated rings. The maximum atomic E-state index is 6.45. The average Bonchev–Trinajstić information content (AvgIpc) is 4.02. The lowest BCUT2D eigenvalue weighted by atomic mass is 9.82. The van der Waals surface area contributed by atoms with Crippen LogP contribution >= 0.6 is 0 Å². The maximum absolute atomic E-state index is 6.45. The molecule has 0 atom stereocenters. The minimum Gasteiger partial charge on any atom is -0.456 e. The summed E-state index contributed by atoms with van der Waals surface area (Å²) in [6, 6.07) is 69.9. The Morgan fingerprint density at radius 3 is 1.97 bits per heavy atom. The molecule has 4 heteroatoms. The Morgan fingerprint density at radius 2 is 1.14 bits per heavy atom. The van der Waals surface area contributed by atoms with E-state index in [9.17, 15) is 0 Å². The monoisotopic (exact) mass is 823 g/mol. The highest BCUT2D eigenvalue weighted by atomic mass is 16.3. The predicted molar refractivity (Wildman–Crippen MR) is 270 cm³/mol. The highest BCUT2D eigenvalue weighted by molar-refractivity contribution is 6.17. The van der Waals surface area contributed by atoms with E-state index in [1.54, 1.807) is 0 Å². The van der Waals surface area contributed by atoms with E-state index < -0.39 is 0 Å². The van der Waals surface area contributed by atoms with E-state index >= 15 is 0 Å². The molecule has 306 valence electrons. The Morgan fingerprint density at radius 1 is 0.484 bits per heavy atom. The van der Waals surface area contributed by atoms with Crippen molar-refractivity contribution in [2.45, 2.75) is 25.7 Å². The zero-order chi connectivity index (χ0) is 43.1. The highest BCUT2D eigenvalue weighted by Gasteiger charge is 2.36. The molecular weight excluding hydrogens is 779 g/mol.